The van der Waals surface area contributed by atoms with Gasteiger partial charge in [0, 0.05) is 6.07 Å². The molecule has 1 atom stereocenters. The van der Waals surface area contributed by atoms with Crippen LogP contribution in [-0.2, 0) is 9.59 Å². The first-order valence-corrected chi connectivity index (χ1v) is 6.50. The number of carbonyl (C=O) groups excluding carboxylic acids is 2. The summed E-state index contributed by atoms with van der Waals surface area (Å²) in [5.41, 5.74) is 0.357. The Morgan fingerprint density at radius 2 is 1.95 bits per heavy atom. The molecule has 7 nitrogen and oxygen atoms in total. The number of anilines is 1. The summed E-state index contributed by atoms with van der Waals surface area (Å²) in [5.74, 6) is -0.690. The first kappa shape index (κ1) is 16.8. The SMILES string of the molecule is CC[C@@H](CO)NC(=O)C(=O)Nc1ccc(OC)cc1OC. The minimum atomic E-state index is -0.828. The van der Waals surface area contributed by atoms with E-state index in [0.29, 0.717) is 23.6 Å². The summed E-state index contributed by atoms with van der Waals surface area (Å²) < 4.78 is 10.2. The van der Waals surface area contributed by atoms with Crippen molar-refractivity contribution >= 4 is 17.5 Å². The van der Waals surface area contributed by atoms with Gasteiger partial charge < -0.3 is 25.2 Å². The molecule has 0 heterocycles. The van der Waals surface area contributed by atoms with Crippen molar-refractivity contribution in [3.05, 3.63) is 18.2 Å². The molecule has 1 rings (SSSR count). The number of amides is 2. The van der Waals surface area contributed by atoms with Crippen LogP contribution in [0.25, 0.3) is 0 Å². The van der Waals surface area contributed by atoms with E-state index in [4.69, 9.17) is 14.6 Å². The highest BCUT2D eigenvalue weighted by atomic mass is 16.5. The Bertz CT molecular complexity index is 500. The topological polar surface area (TPSA) is 96.9 Å². The van der Waals surface area contributed by atoms with Crippen LogP contribution in [0.3, 0.4) is 0 Å². The largest absolute Gasteiger partial charge is 0.497 e. The van der Waals surface area contributed by atoms with Crippen molar-refractivity contribution in [3.63, 3.8) is 0 Å². The second-order valence-corrected chi connectivity index (χ2v) is 4.28. The summed E-state index contributed by atoms with van der Waals surface area (Å²) in [6.07, 6.45) is 0.529. The molecule has 0 radical (unpaired) electrons. The molecular weight excluding hydrogens is 276 g/mol. The number of rotatable bonds is 6. The number of hydrogen-bond acceptors (Lipinski definition) is 5. The zero-order chi connectivity index (χ0) is 15.8. The van der Waals surface area contributed by atoms with Crippen LogP contribution in [0, 0.1) is 0 Å². The van der Waals surface area contributed by atoms with Crippen molar-refractivity contribution in [2.75, 3.05) is 26.1 Å². The van der Waals surface area contributed by atoms with Gasteiger partial charge in [-0.05, 0) is 18.6 Å². The zero-order valence-corrected chi connectivity index (χ0v) is 12.3. The summed E-state index contributed by atoms with van der Waals surface area (Å²) in [4.78, 5) is 23.5. The van der Waals surface area contributed by atoms with Crippen LogP contribution in [0.1, 0.15) is 13.3 Å². The second kappa shape index (κ2) is 8.11. The third-order valence-electron chi connectivity index (χ3n) is 2.91. The third-order valence-corrected chi connectivity index (χ3v) is 2.91. The van der Waals surface area contributed by atoms with Crippen LogP contribution in [-0.4, -0.2) is 43.8 Å². The average Bonchev–Trinajstić information content (AvgIpc) is 2.52. The van der Waals surface area contributed by atoms with Crippen LogP contribution >= 0.6 is 0 Å². The van der Waals surface area contributed by atoms with Crippen molar-refractivity contribution < 1.29 is 24.2 Å². The highest BCUT2D eigenvalue weighted by Gasteiger charge is 2.18. The Labute approximate surface area is 123 Å². The Hall–Kier alpha value is -2.28. The summed E-state index contributed by atoms with van der Waals surface area (Å²) in [7, 11) is 2.96. The Morgan fingerprint density at radius 3 is 2.48 bits per heavy atom. The van der Waals surface area contributed by atoms with Crippen molar-refractivity contribution in [3.8, 4) is 11.5 Å². The van der Waals surface area contributed by atoms with E-state index in [1.807, 2.05) is 0 Å². The number of aliphatic hydroxyl groups excluding tert-OH is 1. The summed E-state index contributed by atoms with van der Waals surface area (Å²) in [6.45, 7) is 1.58. The van der Waals surface area contributed by atoms with E-state index in [-0.39, 0.29) is 6.61 Å². The lowest BCUT2D eigenvalue weighted by molar-refractivity contribution is -0.136. The molecule has 0 aliphatic carbocycles. The van der Waals surface area contributed by atoms with E-state index < -0.39 is 17.9 Å². The Morgan fingerprint density at radius 1 is 1.24 bits per heavy atom. The van der Waals surface area contributed by atoms with Gasteiger partial charge in [-0.3, -0.25) is 9.59 Å². The van der Waals surface area contributed by atoms with Gasteiger partial charge in [0.2, 0.25) is 0 Å². The number of ether oxygens (including phenoxy) is 2. The van der Waals surface area contributed by atoms with Gasteiger partial charge in [0.05, 0.1) is 32.6 Å². The zero-order valence-electron chi connectivity index (χ0n) is 12.3. The van der Waals surface area contributed by atoms with Crippen molar-refractivity contribution in [1.29, 1.82) is 0 Å². The molecule has 0 bridgehead atoms. The average molecular weight is 296 g/mol. The van der Waals surface area contributed by atoms with Crippen molar-refractivity contribution in [2.45, 2.75) is 19.4 Å². The molecule has 7 heteroatoms. The maximum Gasteiger partial charge on any atom is 0.313 e. The lowest BCUT2D eigenvalue weighted by atomic mass is 10.2. The minimum absolute atomic E-state index is 0.221. The molecule has 1 aromatic rings. The van der Waals surface area contributed by atoms with Gasteiger partial charge in [-0.2, -0.15) is 0 Å². The van der Waals surface area contributed by atoms with Crippen LogP contribution in [0.2, 0.25) is 0 Å². The van der Waals surface area contributed by atoms with Gasteiger partial charge >= 0.3 is 11.8 Å². The number of nitrogens with one attached hydrogen (secondary N) is 2. The first-order chi connectivity index (χ1) is 10.0. The van der Waals surface area contributed by atoms with Gasteiger partial charge in [-0.15, -0.1) is 0 Å². The minimum Gasteiger partial charge on any atom is -0.497 e. The fourth-order valence-electron chi connectivity index (χ4n) is 1.61. The van der Waals surface area contributed by atoms with Gasteiger partial charge in [0.1, 0.15) is 11.5 Å². The molecule has 0 fully saturated rings. The van der Waals surface area contributed by atoms with Crippen LogP contribution in [0.5, 0.6) is 11.5 Å². The number of benzene rings is 1. The lowest BCUT2D eigenvalue weighted by Gasteiger charge is -2.15. The molecule has 2 amide bonds. The molecule has 0 spiro atoms. The van der Waals surface area contributed by atoms with Gasteiger partial charge in [-0.1, -0.05) is 6.92 Å². The van der Waals surface area contributed by atoms with E-state index in [2.05, 4.69) is 10.6 Å². The maximum absolute atomic E-state index is 11.8. The van der Waals surface area contributed by atoms with E-state index >= 15 is 0 Å². The highest BCUT2D eigenvalue weighted by molar-refractivity contribution is 6.39. The molecule has 0 aromatic heterocycles. The fraction of sp³-hybridized carbons (Fsp3) is 0.429. The summed E-state index contributed by atoms with van der Waals surface area (Å²) >= 11 is 0. The molecule has 116 valence electrons. The van der Waals surface area contributed by atoms with Crippen LogP contribution in [0.4, 0.5) is 5.69 Å². The molecule has 0 aliphatic rings. The highest BCUT2D eigenvalue weighted by Crippen LogP contribution is 2.28. The molecular formula is C14H20N2O5. The molecule has 0 aliphatic heterocycles. The predicted octanol–water partition coefficient (Wildman–Crippen LogP) is 0.529. The first-order valence-electron chi connectivity index (χ1n) is 6.50. The molecule has 0 unspecified atom stereocenters. The smallest absolute Gasteiger partial charge is 0.313 e. The van der Waals surface area contributed by atoms with E-state index in [9.17, 15) is 9.59 Å². The van der Waals surface area contributed by atoms with Crippen LogP contribution < -0.4 is 20.1 Å². The monoisotopic (exact) mass is 296 g/mol. The van der Waals surface area contributed by atoms with E-state index in [1.165, 1.54) is 14.2 Å². The number of aliphatic hydroxyl groups is 1. The normalized spacial score (nSPS) is 11.4. The summed E-state index contributed by atoms with van der Waals surface area (Å²) in [5, 5.41) is 13.9. The Kier molecular flexibility index (Phi) is 6.48. The van der Waals surface area contributed by atoms with Gasteiger partial charge in [-0.25, -0.2) is 0 Å². The predicted molar refractivity (Wildman–Crippen MR) is 77.5 cm³/mol. The van der Waals surface area contributed by atoms with Gasteiger partial charge in [0.15, 0.2) is 0 Å². The van der Waals surface area contributed by atoms with E-state index in [0.717, 1.165) is 0 Å². The van der Waals surface area contributed by atoms with Crippen molar-refractivity contribution in [1.82, 2.24) is 5.32 Å². The molecule has 3 N–H and O–H groups in total. The summed E-state index contributed by atoms with van der Waals surface area (Å²) in [6, 6.07) is 4.36. The number of hydrogen-bond donors (Lipinski definition) is 3. The van der Waals surface area contributed by atoms with Crippen LogP contribution in [0.15, 0.2) is 18.2 Å². The lowest BCUT2D eigenvalue weighted by Crippen LogP contribution is -2.43. The number of methoxy groups -OCH3 is 2. The molecule has 21 heavy (non-hydrogen) atoms. The van der Waals surface area contributed by atoms with Crippen molar-refractivity contribution in [2.24, 2.45) is 0 Å². The number of carbonyl (C=O) groups is 2. The standard InChI is InChI=1S/C14H20N2O5/c1-4-9(8-17)15-13(18)14(19)16-11-6-5-10(20-2)7-12(11)21-3/h5-7,9,17H,4,8H2,1-3H3,(H,15,18)(H,16,19)/t9-/m0/s1. The Balaban J connectivity index is 2.76. The van der Waals surface area contributed by atoms with E-state index in [1.54, 1.807) is 25.1 Å². The fourth-order valence-corrected chi connectivity index (χ4v) is 1.61. The third kappa shape index (κ3) is 4.64. The quantitative estimate of drug-likeness (QED) is 0.665. The maximum atomic E-state index is 11.8. The molecule has 0 saturated carbocycles. The second-order valence-electron chi connectivity index (χ2n) is 4.28. The molecule has 1 aromatic carbocycles. The molecule has 0 saturated heterocycles. The van der Waals surface area contributed by atoms with Gasteiger partial charge in [0.25, 0.3) is 0 Å².